The molecule has 0 aromatic carbocycles. The Kier molecular flexibility index (Phi) is 4.10. The van der Waals surface area contributed by atoms with Crippen molar-refractivity contribution < 1.29 is 0 Å². The maximum Gasteiger partial charge on any atom is 0.164 e. The van der Waals surface area contributed by atoms with Crippen LogP contribution >= 0.6 is 11.3 Å². The van der Waals surface area contributed by atoms with E-state index in [2.05, 4.69) is 30.2 Å². The first kappa shape index (κ1) is 13.9. The fraction of sp³-hybridized carbons (Fsp3) is 0.312. The monoisotopic (exact) mass is 298 g/mol. The van der Waals surface area contributed by atoms with Gasteiger partial charge in [0, 0.05) is 29.4 Å². The summed E-state index contributed by atoms with van der Waals surface area (Å²) in [5.74, 6) is 1.66. The minimum absolute atomic E-state index is 0.735. The van der Waals surface area contributed by atoms with Gasteiger partial charge in [0.1, 0.15) is 10.6 Å². The van der Waals surface area contributed by atoms with Gasteiger partial charge in [-0.15, -0.1) is 11.3 Å². The molecule has 0 radical (unpaired) electrons. The van der Waals surface area contributed by atoms with Crippen LogP contribution in [0.15, 0.2) is 30.6 Å². The third-order valence-corrected chi connectivity index (χ3v) is 4.43. The van der Waals surface area contributed by atoms with Crippen molar-refractivity contribution in [3.05, 3.63) is 35.5 Å². The molecule has 0 spiro atoms. The van der Waals surface area contributed by atoms with Gasteiger partial charge in [-0.25, -0.2) is 9.97 Å². The van der Waals surface area contributed by atoms with E-state index in [0.717, 1.165) is 46.8 Å². The average Bonchev–Trinajstić information content (AvgIpc) is 2.96. The second-order valence-corrected chi connectivity index (χ2v) is 5.96. The van der Waals surface area contributed by atoms with Gasteiger partial charge in [-0.1, -0.05) is 13.8 Å². The maximum atomic E-state index is 4.71. The molecule has 5 heteroatoms. The summed E-state index contributed by atoms with van der Waals surface area (Å²) in [4.78, 5) is 15.9. The van der Waals surface area contributed by atoms with Crippen LogP contribution in [0.2, 0.25) is 0 Å². The number of aryl methyl sites for hydroxylation is 1. The van der Waals surface area contributed by atoms with Gasteiger partial charge in [-0.05, 0) is 31.0 Å². The highest BCUT2D eigenvalue weighted by Crippen LogP contribution is 2.31. The van der Waals surface area contributed by atoms with Gasteiger partial charge in [0.05, 0.1) is 5.39 Å². The summed E-state index contributed by atoms with van der Waals surface area (Å²) >= 11 is 1.74. The zero-order valence-corrected chi connectivity index (χ0v) is 13.1. The molecule has 3 rings (SSSR count). The van der Waals surface area contributed by atoms with Crippen molar-refractivity contribution in [2.24, 2.45) is 0 Å². The van der Waals surface area contributed by atoms with Crippen LogP contribution in [0.4, 0.5) is 5.82 Å². The highest BCUT2D eigenvalue weighted by atomic mass is 32.1. The lowest BCUT2D eigenvalue weighted by Crippen LogP contribution is -2.04. The molecule has 0 bridgehead atoms. The van der Waals surface area contributed by atoms with Crippen LogP contribution in [0.25, 0.3) is 21.6 Å². The Morgan fingerprint density at radius 2 is 2.14 bits per heavy atom. The van der Waals surface area contributed by atoms with Gasteiger partial charge in [0.15, 0.2) is 5.82 Å². The summed E-state index contributed by atoms with van der Waals surface area (Å²) < 4.78 is 0. The van der Waals surface area contributed by atoms with Crippen molar-refractivity contribution in [3.8, 4) is 11.4 Å². The van der Waals surface area contributed by atoms with Crippen LogP contribution in [0.1, 0.15) is 25.1 Å². The summed E-state index contributed by atoms with van der Waals surface area (Å²) in [5.41, 5.74) is 0.949. The van der Waals surface area contributed by atoms with Gasteiger partial charge in [-0.2, -0.15) is 0 Å². The topological polar surface area (TPSA) is 50.7 Å². The number of rotatable bonds is 5. The lowest BCUT2D eigenvalue weighted by atomic mass is 10.2. The SMILES string of the molecule is CCCNc1nc(-c2cccnc2)nc2sc(CC)cc12. The molecular formula is C16H18N4S. The molecule has 21 heavy (non-hydrogen) atoms. The van der Waals surface area contributed by atoms with E-state index in [4.69, 9.17) is 9.97 Å². The minimum Gasteiger partial charge on any atom is -0.369 e. The fourth-order valence-electron chi connectivity index (χ4n) is 2.15. The summed E-state index contributed by atoms with van der Waals surface area (Å²) in [6.07, 6.45) is 5.66. The predicted octanol–water partition coefficient (Wildman–Crippen LogP) is 4.14. The fourth-order valence-corrected chi connectivity index (χ4v) is 3.11. The van der Waals surface area contributed by atoms with E-state index in [1.54, 1.807) is 23.7 Å². The van der Waals surface area contributed by atoms with Crippen molar-refractivity contribution in [3.63, 3.8) is 0 Å². The normalized spacial score (nSPS) is 11.0. The number of hydrogen-bond acceptors (Lipinski definition) is 5. The maximum absolute atomic E-state index is 4.71. The highest BCUT2D eigenvalue weighted by molar-refractivity contribution is 7.18. The average molecular weight is 298 g/mol. The molecule has 0 amide bonds. The molecule has 0 unspecified atom stereocenters. The molecule has 0 aliphatic carbocycles. The van der Waals surface area contributed by atoms with Crippen molar-refractivity contribution in [2.45, 2.75) is 26.7 Å². The second kappa shape index (κ2) is 6.18. The first-order chi connectivity index (χ1) is 10.3. The van der Waals surface area contributed by atoms with Gasteiger partial charge in [0.25, 0.3) is 0 Å². The molecule has 0 fully saturated rings. The standard InChI is InChI=1S/C16H18N4S/c1-3-7-18-15-13-9-12(4-2)21-16(13)20-14(19-15)11-6-5-8-17-10-11/h5-6,8-10H,3-4,7H2,1-2H3,(H,18,19,20). The number of aromatic nitrogens is 3. The Balaban J connectivity index is 2.13. The van der Waals surface area contributed by atoms with Crippen LogP contribution in [0, 0.1) is 0 Å². The van der Waals surface area contributed by atoms with Crippen LogP contribution in [0.5, 0.6) is 0 Å². The minimum atomic E-state index is 0.735. The van der Waals surface area contributed by atoms with Gasteiger partial charge in [-0.3, -0.25) is 4.98 Å². The van der Waals surface area contributed by atoms with Gasteiger partial charge >= 0.3 is 0 Å². The number of nitrogens with zero attached hydrogens (tertiary/aromatic N) is 3. The largest absolute Gasteiger partial charge is 0.369 e. The molecule has 0 atom stereocenters. The highest BCUT2D eigenvalue weighted by Gasteiger charge is 2.12. The van der Waals surface area contributed by atoms with Crippen molar-refractivity contribution >= 4 is 27.4 Å². The predicted molar refractivity (Wildman–Crippen MR) is 88.8 cm³/mol. The van der Waals surface area contributed by atoms with Crippen molar-refractivity contribution in [1.29, 1.82) is 0 Å². The zero-order chi connectivity index (χ0) is 14.7. The van der Waals surface area contributed by atoms with Crippen LogP contribution in [-0.2, 0) is 6.42 Å². The van der Waals surface area contributed by atoms with E-state index in [1.165, 1.54) is 4.88 Å². The van der Waals surface area contributed by atoms with E-state index in [9.17, 15) is 0 Å². The van der Waals surface area contributed by atoms with Crippen LogP contribution < -0.4 is 5.32 Å². The Morgan fingerprint density at radius 3 is 2.86 bits per heavy atom. The molecule has 0 saturated carbocycles. The molecule has 3 aromatic rings. The van der Waals surface area contributed by atoms with E-state index in [0.29, 0.717) is 0 Å². The second-order valence-electron chi connectivity index (χ2n) is 4.85. The van der Waals surface area contributed by atoms with Crippen LogP contribution in [-0.4, -0.2) is 21.5 Å². The molecule has 0 aliphatic rings. The Hall–Kier alpha value is -2.01. The zero-order valence-electron chi connectivity index (χ0n) is 12.3. The van der Waals surface area contributed by atoms with E-state index in [-0.39, 0.29) is 0 Å². The molecule has 0 saturated heterocycles. The Labute approximate surface area is 128 Å². The first-order valence-electron chi connectivity index (χ1n) is 7.26. The van der Waals surface area contributed by atoms with E-state index >= 15 is 0 Å². The first-order valence-corrected chi connectivity index (χ1v) is 8.08. The molecule has 4 nitrogen and oxygen atoms in total. The van der Waals surface area contributed by atoms with Crippen molar-refractivity contribution in [1.82, 2.24) is 15.0 Å². The Morgan fingerprint density at radius 1 is 1.24 bits per heavy atom. The van der Waals surface area contributed by atoms with Gasteiger partial charge < -0.3 is 5.32 Å². The van der Waals surface area contributed by atoms with E-state index < -0.39 is 0 Å². The van der Waals surface area contributed by atoms with Gasteiger partial charge in [0.2, 0.25) is 0 Å². The number of fused-ring (bicyclic) bond motifs is 1. The van der Waals surface area contributed by atoms with Crippen molar-refractivity contribution in [2.75, 3.05) is 11.9 Å². The molecule has 3 aromatic heterocycles. The lowest BCUT2D eigenvalue weighted by molar-refractivity contribution is 0.970. The molecular weight excluding hydrogens is 280 g/mol. The van der Waals surface area contributed by atoms with E-state index in [1.807, 2.05) is 12.1 Å². The molecule has 108 valence electrons. The number of anilines is 1. The molecule has 3 heterocycles. The third-order valence-electron chi connectivity index (χ3n) is 3.25. The molecule has 1 N–H and O–H groups in total. The smallest absolute Gasteiger partial charge is 0.164 e. The summed E-state index contributed by atoms with van der Waals surface area (Å²) in [7, 11) is 0. The number of pyridine rings is 1. The summed E-state index contributed by atoms with van der Waals surface area (Å²) in [6.45, 7) is 5.23. The number of nitrogens with one attached hydrogen (secondary N) is 1. The quantitative estimate of drug-likeness (QED) is 0.769. The molecule has 0 aliphatic heterocycles. The summed E-state index contributed by atoms with van der Waals surface area (Å²) in [5, 5.41) is 4.54. The number of thiophene rings is 1. The summed E-state index contributed by atoms with van der Waals surface area (Å²) in [6, 6.07) is 6.10. The Bertz CT molecular complexity index is 737. The lowest BCUT2D eigenvalue weighted by Gasteiger charge is -2.07. The number of hydrogen-bond donors (Lipinski definition) is 1. The third kappa shape index (κ3) is 2.88. The van der Waals surface area contributed by atoms with Crippen LogP contribution in [0.3, 0.4) is 0 Å².